The summed E-state index contributed by atoms with van der Waals surface area (Å²) in [5.41, 5.74) is 0. The van der Waals surface area contributed by atoms with Crippen molar-refractivity contribution in [3.05, 3.63) is 36.5 Å². The van der Waals surface area contributed by atoms with Crippen molar-refractivity contribution in [3.63, 3.8) is 0 Å². The first kappa shape index (κ1) is 18.2. The zero-order chi connectivity index (χ0) is 14.3. The van der Waals surface area contributed by atoms with E-state index in [1.165, 1.54) is 25.7 Å². The van der Waals surface area contributed by atoms with Crippen LogP contribution in [0, 0.1) is 11.8 Å². The van der Waals surface area contributed by atoms with Crippen molar-refractivity contribution in [2.75, 3.05) is 13.6 Å². The average molecular weight is 263 g/mol. The SMILES string of the molecule is C/C=C\C=C/CC(C=CCCC)CC(CC)CNC. The largest absolute Gasteiger partial charge is 0.319 e. The molecule has 1 N–H and O–H groups in total. The van der Waals surface area contributed by atoms with E-state index in [2.05, 4.69) is 69.6 Å². The lowest BCUT2D eigenvalue weighted by molar-refractivity contribution is 0.393. The van der Waals surface area contributed by atoms with Crippen LogP contribution in [0.15, 0.2) is 36.5 Å². The highest BCUT2D eigenvalue weighted by atomic mass is 14.8. The first-order valence-corrected chi connectivity index (χ1v) is 7.87. The highest BCUT2D eigenvalue weighted by Gasteiger charge is 2.11. The quantitative estimate of drug-likeness (QED) is 0.403. The third kappa shape index (κ3) is 10.8. The molecule has 110 valence electrons. The molecule has 1 nitrogen and oxygen atoms in total. The van der Waals surface area contributed by atoms with Crippen LogP contribution < -0.4 is 5.32 Å². The zero-order valence-electron chi connectivity index (χ0n) is 13.4. The molecule has 0 saturated carbocycles. The van der Waals surface area contributed by atoms with Gasteiger partial charge < -0.3 is 5.32 Å². The number of rotatable bonds is 11. The van der Waals surface area contributed by atoms with Gasteiger partial charge in [-0.1, -0.05) is 63.1 Å². The fourth-order valence-corrected chi connectivity index (χ4v) is 2.26. The Hall–Kier alpha value is -0.820. The molecule has 0 aliphatic carbocycles. The summed E-state index contributed by atoms with van der Waals surface area (Å²) in [6.07, 6.45) is 19.6. The Bertz CT molecular complexity index is 263. The van der Waals surface area contributed by atoms with Crippen molar-refractivity contribution in [2.45, 2.75) is 52.9 Å². The minimum absolute atomic E-state index is 0.686. The lowest BCUT2D eigenvalue weighted by Crippen LogP contribution is -2.20. The molecule has 0 saturated heterocycles. The van der Waals surface area contributed by atoms with Crippen molar-refractivity contribution in [3.8, 4) is 0 Å². The van der Waals surface area contributed by atoms with Crippen molar-refractivity contribution >= 4 is 0 Å². The standard InChI is InChI=1S/C18H33N/c1-5-8-10-12-14-18(13-11-9-6-2)15-17(7-3)16-19-4/h5,8,10-13,17-19H,6-7,9,14-16H2,1-4H3/b8-5-,12-10-,13-11?. The second kappa shape index (κ2) is 13.6. The van der Waals surface area contributed by atoms with Crippen LogP contribution in [0.3, 0.4) is 0 Å². The van der Waals surface area contributed by atoms with Gasteiger partial charge in [-0.2, -0.15) is 0 Å². The maximum Gasteiger partial charge on any atom is -0.00234 e. The molecule has 0 aliphatic heterocycles. The summed E-state index contributed by atoms with van der Waals surface area (Å²) in [6.45, 7) is 7.72. The topological polar surface area (TPSA) is 12.0 Å². The van der Waals surface area contributed by atoms with Crippen LogP contribution in [-0.4, -0.2) is 13.6 Å². The van der Waals surface area contributed by atoms with Crippen LogP contribution in [0.4, 0.5) is 0 Å². The lowest BCUT2D eigenvalue weighted by Gasteiger charge is -2.19. The molecule has 0 aliphatic rings. The van der Waals surface area contributed by atoms with Crippen LogP contribution in [0.5, 0.6) is 0 Å². The van der Waals surface area contributed by atoms with E-state index in [9.17, 15) is 0 Å². The highest BCUT2D eigenvalue weighted by Crippen LogP contribution is 2.20. The molecular weight excluding hydrogens is 230 g/mol. The van der Waals surface area contributed by atoms with E-state index in [1.54, 1.807) is 0 Å². The number of unbranched alkanes of at least 4 members (excludes halogenated alkanes) is 1. The number of hydrogen-bond acceptors (Lipinski definition) is 1. The van der Waals surface area contributed by atoms with E-state index < -0.39 is 0 Å². The van der Waals surface area contributed by atoms with Crippen molar-refractivity contribution in [1.82, 2.24) is 5.32 Å². The first-order chi connectivity index (χ1) is 9.28. The van der Waals surface area contributed by atoms with Gasteiger partial charge in [0.15, 0.2) is 0 Å². The monoisotopic (exact) mass is 263 g/mol. The lowest BCUT2D eigenvalue weighted by atomic mass is 9.89. The molecule has 0 aromatic rings. The molecule has 0 spiro atoms. The number of allylic oxidation sites excluding steroid dienone is 6. The second-order valence-electron chi connectivity index (χ2n) is 5.23. The predicted octanol–water partition coefficient (Wildman–Crippen LogP) is 5.12. The molecular formula is C18H33N. The third-order valence-corrected chi connectivity index (χ3v) is 3.45. The molecule has 0 bridgehead atoms. The third-order valence-electron chi connectivity index (χ3n) is 3.45. The second-order valence-corrected chi connectivity index (χ2v) is 5.23. The summed E-state index contributed by atoms with van der Waals surface area (Å²) in [5.74, 6) is 1.47. The summed E-state index contributed by atoms with van der Waals surface area (Å²) < 4.78 is 0. The highest BCUT2D eigenvalue weighted by molar-refractivity contribution is 5.03. The summed E-state index contributed by atoms with van der Waals surface area (Å²) in [4.78, 5) is 0. The van der Waals surface area contributed by atoms with Crippen LogP contribution in [-0.2, 0) is 0 Å². The summed E-state index contributed by atoms with van der Waals surface area (Å²) in [6, 6.07) is 0. The molecule has 0 amide bonds. The van der Waals surface area contributed by atoms with Crippen LogP contribution >= 0.6 is 0 Å². The fraction of sp³-hybridized carbons (Fsp3) is 0.667. The molecule has 19 heavy (non-hydrogen) atoms. The minimum Gasteiger partial charge on any atom is -0.319 e. The zero-order valence-corrected chi connectivity index (χ0v) is 13.4. The summed E-state index contributed by atoms with van der Waals surface area (Å²) in [7, 11) is 2.05. The molecule has 2 unspecified atom stereocenters. The van der Waals surface area contributed by atoms with Crippen LogP contribution in [0.1, 0.15) is 52.9 Å². The van der Waals surface area contributed by atoms with Gasteiger partial charge >= 0.3 is 0 Å². The van der Waals surface area contributed by atoms with Gasteiger partial charge in [-0.15, -0.1) is 0 Å². The average Bonchev–Trinajstić information content (AvgIpc) is 2.42. The molecule has 0 radical (unpaired) electrons. The smallest absolute Gasteiger partial charge is 0.00234 e. The first-order valence-electron chi connectivity index (χ1n) is 7.87. The summed E-state index contributed by atoms with van der Waals surface area (Å²) in [5, 5.41) is 3.31. The Morgan fingerprint density at radius 1 is 1.11 bits per heavy atom. The maximum atomic E-state index is 3.31. The van der Waals surface area contributed by atoms with Gasteiger partial charge in [0.2, 0.25) is 0 Å². The predicted molar refractivity (Wildman–Crippen MR) is 88.4 cm³/mol. The Balaban J connectivity index is 4.37. The van der Waals surface area contributed by atoms with Crippen molar-refractivity contribution < 1.29 is 0 Å². The van der Waals surface area contributed by atoms with Crippen molar-refractivity contribution in [2.24, 2.45) is 11.8 Å². The maximum absolute atomic E-state index is 3.31. The van der Waals surface area contributed by atoms with Crippen molar-refractivity contribution in [1.29, 1.82) is 0 Å². The van der Waals surface area contributed by atoms with Gasteiger partial charge in [-0.05, 0) is 51.6 Å². The number of nitrogens with one attached hydrogen (secondary N) is 1. The normalized spacial score (nSPS) is 15.8. The Labute approximate surface area is 120 Å². The fourth-order valence-electron chi connectivity index (χ4n) is 2.26. The molecule has 0 aromatic heterocycles. The van der Waals surface area contributed by atoms with E-state index in [4.69, 9.17) is 0 Å². The minimum atomic E-state index is 0.686. The Morgan fingerprint density at radius 2 is 1.89 bits per heavy atom. The summed E-state index contributed by atoms with van der Waals surface area (Å²) >= 11 is 0. The van der Waals surface area contributed by atoms with Gasteiger partial charge in [0.1, 0.15) is 0 Å². The molecule has 1 heteroatoms. The van der Waals surface area contributed by atoms with Crippen LogP contribution in [0.2, 0.25) is 0 Å². The van der Waals surface area contributed by atoms with E-state index in [1.807, 2.05) is 0 Å². The molecule has 0 rings (SSSR count). The van der Waals surface area contributed by atoms with Gasteiger partial charge in [-0.25, -0.2) is 0 Å². The van der Waals surface area contributed by atoms with E-state index in [0.717, 1.165) is 18.9 Å². The van der Waals surface area contributed by atoms with Crippen LogP contribution in [0.25, 0.3) is 0 Å². The van der Waals surface area contributed by atoms with Gasteiger partial charge in [0, 0.05) is 0 Å². The van der Waals surface area contributed by atoms with Gasteiger partial charge in [-0.3, -0.25) is 0 Å². The van der Waals surface area contributed by atoms with Gasteiger partial charge in [0.25, 0.3) is 0 Å². The molecule has 0 fully saturated rings. The molecule has 2 atom stereocenters. The Kier molecular flexibility index (Phi) is 13.0. The number of hydrogen-bond donors (Lipinski definition) is 1. The molecule has 0 aromatic carbocycles. The van der Waals surface area contributed by atoms with E-state index in [0.29, 0.717) is 5.92 Å². The Morgan fingerprint density at radius 3 is 2.47 bits per heavy atom. The van der Waals surface area contributed by atoms with Gasteiger partial charge in [0.05, 0.1) is 0 Å². The van der Waals surface area contributed by atoms with E-state index in [-0.39, 0.29) is 0 Å². The molecule has 0 heterocycles. The van der Waals surface area contributed by atoms with E-state index >= 15 is 0 Å².